The normalized spacial score (nSPS) is 10.4. The minimum atomic E-state index is -0.482. The van der Waals surface area contributed by atoms with Gasteiger partial charge >= 0.3 is 5.97 Å². The Labute approximate surface area is 189 Å². The maximum Gasteiger partial charge on any atom is 0.349 e. The monoisotopic (exact) mass is 434 g/mol. The van der Waals surface area contributed by atoms with Crippen LogP contribution in [0.2, 0.25) is 0 Å². The zero-order valence-corrected chi connectivity index (χ0v) is 18.5. The standard InChI is InChI=1S/C27H30O5/c1-2-3-4-5-9-19-29-25-13-10-14-26(20-25)30-21-27(28)32-24-17-15-23(16-18-24)31-22-11-7-6-8-12-22/h6-8,10-18,20H,2-5,9,19,21H2,1H3. The molecule has 0 N–H and O–H groups in total. The predicted octanol–water partition coefficient (Wildman–Crippen LogP) is 6.81. The first kappa shape index (κ1) is 23.2. The topological polar surface area (TPSA) is 54.0 Å². The molecule has 0 aromatic heterocycles. The van der Waals surface area contributed by atoms with E-state index in [-0.39, 0.29) is 6.61 Å². The van der Waals surface area contributed by atoms with Gasteiger partial charge in [-0.05, 0) is 55.0 Å². The highest BCUT2D eigenvalue weighted by molar-refractivity contribution is 5.74. The molecule has 3 aromatic carbocycles. The highest BCUT2D eigenvalue weighted by atomic mass is 16.6. The van der Waals surface area contributed by atoms with Gasteiger partial charge in [-0.15, -0.1) is 0 Å². The zero-order valence-electron chi connectivity index (χ0n) is 18.5. The fraction of sp³-hybridized carbons (Fsp3) is 0.296. The number of hydrogen-bond donors (Lipinski definition) is 0. The lowest BCUT2D eigenvalue weighted by atomic mass is 10.2. The molecule has 0 aliphatic heterocycles. The fourth-order valence-electron chi connectivity index (χ4n) is 3.05. The molecule has 0 bridgehead atoms. The summed E-state index contributed by atoms with van der Waals surface area (Å²) < 4.78 is 22.4. The van der Waals surface area contributed by atoms with Crippen LogP contribution in [0, 0.1) is 0 Å². The van der Waals surface area contributed by atoms with E-state index in [1.165, 1.54) is 25.7 Å². The predicted molar refractivity (Wildman–Crippen MR) is 125 cm³/mol. The average Bonchev–Trinajstić information content (AvgIpc) is 2.82. The van der Waals surface area contributed by atoms with Crippen LogP contribution >= 0.6 is 0 Å². The molecule has 0 heterocycles. The van der Waals surface area contributed by atoms with Crippen LogP contribution in [-0.4, -0.2) is 19.2 Å². The lowest BCUT2D eigenvalue weighted by Gasteiger charge is -2.10. The van der Waals surface area contributed by atoms with Crippen molar-refractivity contribution in [3.8, 4) is 28.7 Å². The number of ether oxygens (including phenoxy) is 4. The van der Waals surface area contributed by atoms with Gasteiger partial charge in [0.2, 0.25) is 0 Å². The first-order valence-corrected chi connectivity index (χ1v) is 11.1. The van der Waals surface area contributed by atoms with Crippen molar-refractivity contribution in [2.75, 3.05) is 13.2 Å². The Bertz CT molecular complexity index is 938. The number of carbonyl (C=O) groups is 1. The third kappa shape index (κ3) is 8.34. The Balaban J connectivity index is 1.40. The Morgan fingerprint density at radius 1 is 0.656 bits per heavy atom. The van der Waals surface area contributed by atoms with E-state index in [9.17, 15) is 4.79 Å². The van der Waals surface area contributed by atoms with Gasteiger partial charge in [0.1, 0.15) is 28.7 Å². The summed E-state index contributed by atoms with van der Waals surface area (Å²) in [5.74, 6) is 2.66. The second-order valence-corrected chi connectivity index (χ2v) is 7.39. The quantitative estimate of drug-likeness (QED) is 0.168. The Morgan fingerprint density at radius 3 is 2.03 bits per heavy atom. The van der Waals surface area contributed by atoms with Crippen molar-refractivity contribution in [2.45, 2.75) is 39.0 Å². The molecule has 0 saturated carbocycles. The highest BCUT2D eigenvalue weighted by Gasteiger charge is 2.08. The van der Waals surface area contributed by atoms with Gasteiger partial charge in [-0.1, -0.05) is 56.9 Å². The number of carbonyl (C=O) groups excluding carboxylic acids is 1. The van der Waals surface area contributed by atoms with Gasteiger partial charge in [-0.3, -0.25) is 0 Å². The largest absolute Gasteiger partial charge is 0.493 e. The van der Waals surface area contributed by atoms with Gasteiger partial charge in [0.05, 0.1) is 6.61 Å². The van der Waals surface area contributed by atoms with Gasteiger partial charge in [0.15, 0.2) is 6.61 Å². The molecule has 5 heteroatoms. The lowest BCUT2D eigenvalue weighted by molar-refractivity contribution is -0.136. The van der Waals surface area contributed by atoms with Gasteiger partial charge in [-0.2, -0.15) is 0 Å². The summed E-state index contributed by atoms with van der Waals surface area (Å²) >= 11 is 0. The van der Waals surface area contributed by atoms with Crippen LogP contribution in [-0.2, 0) is 4.79 Å². The summed E-state index contributed by atoms with van der Waals surface area (Å²) in [6.45, 7) is 2.69. The molecule has 0 fully saturated rings. The number of hydrogen-bond acceptors (Lipinski definition) is 5. The van der Waals surface area contributed by atoms with Crippen molar-refractivity contribution in [2.24, 2.45) is 0 Å². The number of para-hydroxylation sites is 1. The van der Waals surface area contributed by atoms with Crippen molar-refractivity contribution in [1.29, 1.82) is 0 Å². The summed E-state index contributed by atoms with van der Waals surface area (Å²) in [6.07, 6.45) is 5.96. The van der Waals surface area contributed by atoms with Crippen LogP contribution in [0.3, 0.4) is 0 Å². The molecule has 5 nitrogen and oxygen atoms in total. The summed E-state index contributed by atoms with van der Waals surface area (Å²) in [4.78, 5) is 12.1. The molecule has 0 spiro atoms. The minimum Gasteiger partial charge on any atom is -0.493 e. The van der Waals surface area contributed by atoms with E-state index in [2.05, 4.69) is 6.92 Å². The van der Waals surface area contributed by atoms with E-state index in [4.69, 9.17) is 18.9 Å². The SMILES string of the molecule is CCCCCCCOc1cccc(OCC(=O)Oc2ccc(Oc3ccccc3)cc2)c1. The highest BCUT2D eigenvalue weighted by Crippen LogP contribution is 2.24. The van der Waals surface area contributed by atoms with E-state index < -0.39 is 5.97 Å². The first-order valence-electron chi connectivity index (χ1n) is 11.1. The molecule has 0 aliphatic rings. The van der Waals surface area contributed by atoms with Crippen molar-refractivity contribution >= 4 is 5.97 Å². The van der Waals surface area contributed by atoms with Crippen LogP contribution in [0.15, 0.2) is 78.9 Å². The van der Waals surface area contributed by atoms with E-state index in [1.807, 2.05) is 42.5 Å². The van der Waals surface area contributed by atoms with Crippen LogP contribution in [0.4, 0.5) is 0 Å². The van der Waals surface area contributed by atoms with E-state index in [0.29, 0.717) is 23.9 Å². The molecule has 0 aliphatic carbocycles. The maximum absolute atomic E-state index is 12.1. The molecule has 3 rings (SSSR count). The second kappa shape index (κ2) is 13.1. The molecule has 0 saturated heterocycles. The molecule has 0 amide bonds. The zero-order chi connectivity index (χ0) is 22.4. The Morgan fingerprint density at radius 2 is 1.28 bits per heavy atom. The summed E-state index contributed by atoms with van der Waals surface area (Å²) in [5, 5.41) is 0. The van der Waals surface area contributed by atoms with Crippen molar-refractivity contribution in [3.05, 3.63) is 78.9 Å². The number of unbranched alkanes of at least 4 members (excludes halogenated alkanes) is 4. The van der Waals surface area contributed by atoms with Gasteiger partial charge < -0.3 is 18.9 Å². The van der Waals surface area contributed by atoms with E-state index in [0.717, 1.165) is 17.9 Å². The molecular formula is C27H30O5. The molecule has 0 atom stereocenters. The van der Waals surface area contributed by atoms with Crippen LogP contribution in [0.25, 0.3) is 0 Å². The van der Waals surface area contributed by atoms with Gasteiger partial charge in [0, 0.05) is 6.07 Å². The molecule has 168 valence electrons. The minimum absolute atomic E-state index is 0.192. The lowest BCUT2D eigenvalue weighted by Crippen LogP contribution is -2.17. The third-order valence-corrected chi connectivity index (χ3v) is 4.71. The smallest absolute Gasteiger partial charge is 0.349 e. The average molecular weight is 435 g/mol. The van der Waals surface area contributed by atoms with Crippen molar-refractivity contribution in [1.82, 2.24) is 0 Å². The van der Waals surface area contributed by atoms with E-state index >= 15 is 0 Å². The van der Waals surface area contributed by atoms with Crippen LogP contribution < -0.4 is 18.9 Å². The first-order chi connectivity index (χ1) is 15.7. The second-order valence-electron chi connectivity index (χ2n) is 7.39. The van der Waals surface area contributed by atoms with Crippen LogP contribution in [0.5, 0.6) is 28.7 Å². The van der Waals surface area contributed by atoms with Crippen molar-refractivity contribution < 1.29 is 23.7 Å². The maximum atomic E-state index is 12.1. The molecule has 0 radical (unpaired) electrons. The molecule has 0 unspecified atom stereocenters. The Hall–Kier alpha value is -3.47. The number of rotatable bonds is 13. The van der Waals surface area contributed by atoms with E-state index in [1.54, 1.807) is 36.4 Å². The summed E-state index contributed by atoms with van der Waals surface area (Å²) in [6, 6.07) is 23.7. The van der Waals surface area contributed by atoms with Gasteiger partial charge in [-0.25, -0.2) is 4.79 Å². The van der Waals surface area contributed by atoms with Crippen LogP contribution in [0.1, 0.15) is 39.0 Å². The fourth-order valence-corrected chi connectivity index (χ4v) is 3.05. The molecule has 32 heavy (non-hydrogen) atoms. The van der Waals surface area contributed by atoms with Gasteiger partial charge in [0.25, 0.3) is 0 Å². The summed E-state index contributed by atoms with van der Waals surface area (Å²) in [7, 11) is 0. The Kier molecular flexibility index (Phi) is 9.46. The summed E-state index contributed by atoms with van der Waals surface area (Å²) in [5.41, 5.74) is 0. The third-order valence-electron chi connectivity index (χ3n) is 4.71. The number of esters is 1. The van der Waals surface area contributed by atoms with Crippen molar-refractivity contribution in [3.63, 3.8) is 0 Å². The number of benzene rings is 3. The molecule has 3 aromatic rings. The molecular weight excluding hydrogens is 404 g/mol.